The predicted molar refractivity (Wildman–Crippen MR) is 141 cm³/mol. The number of aromatic nitrogens is 1. The van der Waals surface area contributed by atoms with E-state index in [1.165, 1.54) is 0 Å². The van der Waals surface area contributed by atoms with Crippen molar-refractivity contribution in [2.24, 2.45) is 5.41 Å². The highest BCUT2D eigenvalue weighted by molar-refractivity contribution is 7.99. The van der Waals surface area contributed by atoms with Crippen LogP contribution in [0.15, 0.2) is 41.4 Å². The average molecular weight is 551 g/mol. The predicted octanol–water partition coefficient (Wildman–Crippen LogP) is 4.83. The number of aliphatic hydroxyl groups excluding tert-OH is 3. The Morgan fingerprint density at radius 2 is 1.82 bits per heavy atom. The molecule has 0 spiro atoms. The second-order valence-electron chi connectivity index (χ2n) is 9.84. The number of rotatable bonds is 11. The first-order chi connectivity index (χ1) is 18.3. The molecule has 0 bridgehead atoms. The zero-order chi connectivity index (χ0) is 27.3. The number of benzene rings is 2. The molecular weight excluding hydrogens is 517 g/mol. The highest BCUT2D eigenvalue weighted by Gasteiger charge is 2.34. The van der Waals surface area contributed by atoms with Crippen molar-refractivity contribution in [3.05, 3.63) is 65.1 Å². The number of fused-ring (bicyclic) bond motifs is 1. The third-order valence-electron chi connectivity index (χ3n) is 7.52. The lowest BCUT2D eigenvalue weighted by molar-refractivity contribution is 0.0252. The van der Waals surface area contributed by atoms with Gasteiger partial charge >= 0.3 is 0 Å². The number of likely N-dealkylation sites (tertiary alicyclic amines) is 1. The topological polar surface area (TPSA) is 86.0 Å². The van der Waals surface area contributed by atoms with Crippen LogP contribution in [-0.4, -0.2) is 64.3 Å². The Bertz CT molecular complexity index is 1230. The third-order valence-corrected chi connectivity index (χ3v) is 8.59. The fraction of sp³-hybridized carbons (Fsp3) is 0.464. The van der Waals surface area contributed by atoms with Crippen LogP contribution in [0.5, 0.6) is 5.75 Å². The van der Waals surface area contributed by atoms with Crippen molar-refractivity contribution in [2.75, 3.05) is 39.1 Å². The van der Waals surface area contributed by atoms with E-state index in [1.54, 1.807) is 19.4 Å². The second-order valence-corrected chi connectivity index (χ2v) is 10.9. The molecule has 4 rings (SSSR count). The van der Waals surface area contributed by atoms with Gasteiger partial charge < -0.3 is 25.0 Å². The summed E-state index contributed by atoms with van der Waals surface area (Å²) in [5, 5.41) is 32.1. The molecule has 6 nitrogen and oxygen atoms in total. The van der Waals surface area contributed by atoms with Gasteiger partial charge in [-0.05, 0) is 68.0 Å². The average Bonchev–Trinajstić information content (AvgIpc) is 2.92. The van der Waals surface area contributed by atoms with Gasteiger partial charge in [0.25, 0.3) is 0 Å². The Kier molecular flexibility index (Phi) is 9.54. The molecule has 0 aliphatic carbocycles. The molecule has 1 aromatic heterocycles. The first-order valence-corrected chi connectivity index (χ1v) is 13.6. The van der Waals surface area contributed by atoms with Crippen LogP contribution in [0.1, 0.15) is 42.9 Å². The van der Waals surface area contributed by atoms with Crippen LogP contribution < -0.4 is 4.74 Å². The molecule has 1 atom stereocenters. The molecule has 1 unspecified atom stereocenters. The molecule has 3 aromatic rings. The number of ether oxygens (including phenoxy) is 1. The van der Waals surface area contributed by atoms with Crippen molar-refractivity contribution in [1.29, 1.82) is 0 Å². The molecule has 2 aromatic carbocycles. The maximum absolute atomic E-state index is 13.9. The lowest BCUT2D eigenvalue weighted by Gasteiger charge is -2.41. The number of hydrogen-bond acceptors (Lipinski definition) is 7. The van der Waals surface area contributed by atoms with Gasteiger partial charge in [-0.3, -0.25) is 4.98 Å². The minimum Gasteiger partial charge on any atom is -0.497 e. The summed E-state index contributed by atoms with van der Waals surface area (Å²) in [4.78, 5) is 6.39. The molecule has 10 heteroatoms. The maximum Gasteiger partial charge on any atom is 0.142 e. The van der Waals surface area contributed by atoms with Gasteiger partial charge in [0.2, 0.25) is 0 Å². The number of aliphatic hydroxyl groups is 3. The third kappa shape index (κ3) is 6.43. The van der Waals surface area contributed by atoms with Gasteiger partial charge in [0.15, 0.2) is 0 Å². The molecule has 2 heterocycles. The number of thioether (sulfide) groups is 1. The van der Waals surface area contributed by atoms with Crippen LogP contribution in [-0.2, 0) is 6.61 Å². The molecule has 1 aliphatic rings. The Labute approximate surface area is 224 Å². The van der Waals surface area contributed by atoms with E-state index in [0.717, 1.165) is 30.0 Å². The van der Waals surface area contributed by atoms with Crippen LogP contribution in [0.4, 0.5) is 13.2 Å². The summed E-state index contributed by atoms with van der Waals surface area (Å²) in [6.45, 7) is 1.77. The molecule has 206 valence electrons. The number of hydrogen-bond donors (Lipinski definition) is 3. The van der Waals surface area contributed by atoms with Gasteiger partial charge in [-0.15, -0.1) is 11.8 Å². The Hall–Kier alpha value is -2.37. The van der Waals surface area contributed by atoms with Gasteiger partial charge in [-0.2, -0.15) is 0 Å². The van der Waals surface area contributed by atoms with Crippen molar-refractivity contribution in [2.45, 2.75) is 43.3 Å². The number of pyridine rings is 1. The van der Waals surface area contributed by atoms with Crippen LogP contribution in [0.25, 0.3) is 10.9 Å². The molecule has 1 aliphatic heterocycles. The van der Waals surface area contributed by atoms with Gasteiger partial charge in [0, 0.05) is 48.2 Å². The van der Waals surface area contributed by atoms with Gasteiger partial charge in [0.1, 0.15) is 23.2 Å². The smallest absolute Gasteiger partial charge is 0.142 e. The Morgan fingerprint density at radius 3 is 2.45 bits per heavy atom. The van der Waals surface area contributed by atoms with Crippen LogP contribution in [0.3, 0.4) is 0 Å². The SMILES string of the molecule is COc1ccc2ncc(CO)c(C(O)CCC3(CO)CCN(CCSc4c(F)cc(F)cc4F)CC3)c2c1. The second kappa shape index (κ2) is 12.7. The van der Waals surface area contributed by atoms with E-state index in [4.69, 9.17) is 4.74 Å². The minimum atomic E-state index is -0.935. The van der Waals surface area contributed by atoms with E-state index >= 15 is 0 Å². The van der Waals surface area contributed by atoms with Crippen LogP contribution in [0, 0.1) is 22.9 Å². The molecular formula is C28H33F3N2O4S. The van der Waals surface area contributed by atoms with E-state index in [1.807, 2.05) is 12.1 Å². The standard InChI is InChI=1S/C28H33F3N2O4S/c1-37-20-2-3-24-21(14-20)26(18(16-34)15-32-24)25(36)4-5-28(17-35)6-8-33(9-7-28)10-11-38-27-22(30)12-19(29)13-23(27)31/h2-3,12-15,25,34-36H,4-11,16-17H2,1H3. The normalized spacial score (nSPS) is 16.6. The first kappa shape index (κ1) is 28.6. The largest absolute Gasteiger partial charge is 0.497 e. The van der Waals surface area contributed by atoms with Gasteiger partial charge in [-0.1, -0.05) is 0 Å². The van der Waals surface area contributed by atoms with E-state index < -0.39 is 23.6 Å². The number of nitrogens with zero attached hydrogens (tertiary/aromatic N) is 2. The van der Waals surface area contributed by atoms with Crippen molar-refractivity contribution >= 4 is 22.7 Å². The highest BCUT2D eigenvalue weighted by Crippen LogP contribution is 2.40. The summed E-state index contributed by atoms with van der Waals surface area (Å²) in [6.07, 6.45) is 3.17. The molecule has 0 radical (unpaired) electrons. The number of methoxy groups -OCH3 is 1. The lowest BCUT2D eigenvalue weighted by Crippen LogP contribution is -2.43. The lowest BCUT2D eigenvalue weighted by atomic mass is 9.74. The summed E-state index contributed by atoms with van der Waals surface area (Å²) >= 11 is 1.03. The monoisotopic (exact) mass is 550 g/mol. The first-order valence-electron chi connectivity index (χ1n) is 12.6. The van der Waals surface area contributed by atoms with E-state index in [-0.39, 0.29) is 23.5 Å². The summed E-state index contributed by atoms with van der Waals surface area (Å²) in [5.41, 5.74) is 1.53. The van der Waals surface area contributed by atoms with Gasteiger partial charge in [-0.25, -0.2) is 13.2 Å². The van der Waals surface area contributed by atoms with E-state index in [0.29, 0.717) is 72.8 Å². The number of halogens is 3. The molecule has 1 fully saturated rings. The van der Waals surface area contributed by atoms with E-state index in [2.05, 4.69) is 9.88 Å². The van der Waals surface area contributed by atoms with Crippen molar-refractivity contribution < 1.29 is 33.2 Å². The molecule has 1 saturated heterocycles. The summed E-state index contributed by atoms with van der Waals surface area (Å²) in [6, 6.07) is 6.79. The molecule has 0 amide bonds. The van der Waals surface area contributed by atoms with Crippen molar-refractivity contribution in [1.82, 2.24) is 9.88 Å². The summed E-state index contributed by atoms with van der Waals surface area (Å²) in [7, 11) is 1.57. The Morgan fingerprint density at radius 1 is 1.11 bits per heavy atom. The van der Waals surface area contributed by atoms with E-state index in [9.17, 15) is 28.5 Å². The fourth-order valence-corrected chi connectivity index (χ4v) is 6.10. The summed E-state index contributed by atoms with van der Waals surface area (Å²) in [5.74, 6) is -1.64. The van der Waals surface area contributed by atoms with Crippen molar-refractivity contribution in [3.8, 4) is 5.75 Å². The molecule has 0 saturated carbocycles. The minimum absolute atomic E-state index is 0.00785. The summed E-state index contributed by atoms with van der Waals surface area (Å²) < 4.78 is 46.2. The fourth-order valence-electron chi connectivity index (χ4n) is 5.15. The number of piperidine rings is 1. The zero-order valence-corrected chi connectivity index (χ0v) is 22.1. The maximum atomic E-state index is 13.9. The van der Waals surface area contributed by atoms with Gasteiger partial charge in [0.05, 0.1) is 30.2 Å². The molecule has 38 heavy (non-hydrogen) atoms. The van der Waals surface area contributed by atoms with Crippen molar-refractivity contribution in [3.63, 3.8) is 0 Å². The zero-order valence-electron chi connectivity index (χ0n) is 21.3. The highest BCUT2D eigenvalue weighted by atomic mass is 32.2. The Balaban J connectivity index is 1.35. The quantitative estimate of drug-likeness (QED) is 0.295. The molecule has 3 N–H and O–H groups in total. The van der Waals surface area contributed by atoms with Crippen LogP contribution in [0.2, 0.25) is 0 Å². The van der Waals surface area contributed by atoms with Crippen LogP contribution >= 0.6 is 11.8 Å².